The Bertz CT molecular complexity index is 1130. The van der Waals surface area contributed by atoms with E-state index in [0.29, 0.717) is 11.3 Å². The van der Waals surface area contributed by atoms with Gasteiger partial charge in [0, 0.05) is 18.9 Å². The lowest BCUT2D eigenvalue weighted by atomic mass is 10.0. The maximum Gasteiger partial charge on any atom is 0.408 e. The third-order valence-electron chi connectivity index (χ3n) is 5.06. The molecule has 37 heavy (non-hydrogen) atoms. The monoisotopic (exact) mass is 519 g/mol. The molecule has 0 aliphatic rings. The highest BCUT2D eigenvalue weighted by Gasteiger charge is 2.30. The van der Waals surface area contributed by atoms with E-state index in [1.807, 2.05) is 0 Å². The van der Waals surface area contributed by atoms with Crippen molar-refractivity contribution in [3.63, 3.8) is 0 Å². The minimum atomic E-state index is -1.32. The molecule has 0 heterocycles. The van der Waals surface area contributed by atoms with Gasteiger partial charge >= 0.3 is 17.7 Å². The van der Waals surface area contributed by atoms with E-state index >= 15 is 0 Å². The van der Waals surface area contributed by atoms with Gasteiger partial charge in [0.15, 0.2) is 0 Å². The van der Waals surface area contributed by atoms with Gasteiger partial charge in [-0.05, 0) is 50.1 Å². The number of halogens is 1. The molecule has 200 valence electrons. The Morgan fingerprint density at radius 3 is 2.11 bits per heavy atom. The van der Waals surface area contributed by atoms with Gasteiger partial charge in [-0.3, -0.25) is 14.9 Å². The largest absolute Gasteiger partial charge is 0.497 e. The van der Waals surface area contributed by atoms with Crippen LogP contribution in [0.1, 0.15) is 31.9 Å². The second-order valence-electron chi connectivity index (χ2n) is 9.08. The summed E-state index contributed by atoms with van der Waals surface area (Å²) in [7, 11) is 2.68. The summed E-state index contributed by atoms with van der Waals surface area (Å²) < 4.78 is 29.0. The highest BCUT2D eigenvalue weighted by Crippen LogP contribution is 2.20. The van der Waals surface area contributed by atoms with Gasteiger partial charge in [-0.1, -0.05) is 18.2 Å². The van der Waals surface area contributed by atoms with Crippen LogP contribution in [0.4, 0.5) is 14.9 Å². The van der Waals surface area contributed by atoms with Gasteiger partial charge in [0.1, 0.15) is 23.4 Å². The van der Waals surface area contributed by atoms with Crippen LogP contribution in [0.25, 0.3) is 0 Å². The van der Waals surface area contributed by atoms with Crippen molar-refractivity contribution < 1.29 is 37.9 Å². The number of benzene rings is 2. The number of nitro groups is 1. The van der Waals surface area contributed by atoms with Crippen molar-refractivity contribution in [2.75, 3.05) is 14.2 Å². The number of esters is 1. The van der Waals surface area contributed by atoms with E-state index in [1.165, 1.54) is 20.3 Å². The van der Waals surface area contributed by atoms with Crippen LogP contribution >= 0.6 is 0 Å². The first-order valence-corrected chi connectivity index (χ1v) is 11.3. The summed E-state index contributed by atoms with van der Waals surface area (Å²) in [6.07, 6.45) is -1.10. The first-order valence-electron chi connectivity index (χ1n) is 11.3. The van der Waals surface area contributed by atoms with E-state index in [9.17, 15) is 28.9 Å². The molecule has 0 saturated heterocycles. The minimum Gasteiger partial charge on any atom is -0.497 e. The normalized spacial score (nSPS) is 12.6. The van der Waals surface area contributed by atoms with Gasteiger partial charge in [-0.2, -0.15) is 4.39 Å². The van der Waals surface area contributed by atoms with Crippen LogP contribution in [0.5, 0.6) is 5.75 Å². The zero-order valence-corrected chi connectivity index (χ0v) is 21.2. The van der Waals surface area contributed by atoms with Crippen LogP contribution in [-0.4, -0.2) is 54.8 Å². The molecule has 0 saturated carbocycles. The maximum absolute atomic E-state index is 13.8. The van der Waals surface area contributed by atoms with Crippen molar-refractivity contribution >= 4 is 23.7 Å². The summed E-state index contributed by atoms with van der Waals surface area (Å²) in [6.45, 7) is 4.90. The molecule has 0 bridgehead atoms. The number of hydrogen-bond acceptors (Lipinski definition) is 8. The number of methoxy groups -OCH3 is 2. The van der Waals surface area contributed by atoms with Crippen molar-refractivity contribution in [2.45, 2.75) is 51.3 Å². The number of amides is 2. The summed E-state index contributed by atoms with van der Waals surface area (Å²) >= 11 is 0. The fraction of sp³-hybridized carbons (Fsp3) is 0.400. The zero-order valence-electron chi connectivity index (χ0n) is 21.2. The summed E-state index contributed by atoms with van der Waals surface area (Å²) in [5.74, 6) is -1.93. The maximum atomic E-state index is 13.8. The predicted octanol–water partition coefficient (Wildman–Crippen LogP) is 3.08. The zero-order chi connectivity index (χ0) is 27.8. The number of hydrogen-bond donors (Lipinski definition) is 2. The number of carbonyl (C=O) groups is 3. The lowest BCUT2D eigenvalue weighted by Crippen LogP contribution is -2.53. The van der Waals surface area contributed by atoms with Crippen molar-refractivity contribution in [1.82, 2.24) is 10.6 Å². The first-order chi connectivity index (χ1) is 17.3. The smallest absolute Gasteiger partial charge is 0.408 e. The van der Waals surface area contributed by atoms with Gasteiger partial charge in [-0.25, -0.2) is 9.59 Å². The van der Waals surface area contributed by atoms with Crippen molar-refractivity contribution in [1.29, 1.82) is 0 Å². The molecule has 2 amide bonds. The molecule has 0 unspecified atom stereocenters. The third kappa shape index (κ3) is 9.06. The second kappa shape index (κ2) is 12.7. The Kier molecular flexibility index (Phi) is 9.92. The van der Waals surface area contributed by atoms with Gasteiger partial charge in [0.25, 0.3) is 0 Å². The molecule has 11 nitrogen and oxygen atoms in total. The average Bonchev–Trinajstić information content (AvgIpc) is 2.82. The highest BCUT2D eigenvalue weighted by atomic mass is 19.1. The number of nitrogens with one attached hydrogen (secondary N) is 2. The van der Waals surface area contributed by atoms with Crippen LogP contribution in [0.3, 0.4) is 0 Å². The van der Waals surface area contributed by atoms with E-state index in [2.05, 4.69) is 10.6 Å². The molecule has 2 N–H and O–H groups in total. The summed E-state index contributed by atoms with van der Waals surface area (Å²) in [5.41, 5.74) is -0.750. The van der Waals surface area contributed by atoms with Gasteiger partial charge in [-0.15, -0.1) is 0 Å². The standard InChI is InChI=1S/C25H30FN3O8/c1-25(2,3)37-24(32)28-19(13-16-8-11-18(26)21(14-16)29(33)34)22(30)27-20(23(31)36-5)12-15-6-9-17(35-4)10-7-15/h6-11,14,19-20H,12-13H2,1-5H3,(H,27,30)(H,28,32)/t19-,20-/m0/s1. The number of rotatable bonds is 10. The molecular formula is C25H30FN3O8. The number of carbonyl (C=O) groups excluding carboxylic acids is 3. The number of ether oxygens (including phenoxy) is 3. The van der Waals surface area contributed by atoms with E-state index in [-0.39, 0.29) is 18.4 Å². The lowest BCUT2D eigenvalue weighted by Gasteiger charge is -2.25. The molecule has 2 aromatic carbocycles. The van der Waals surface area contributed by atoms with Crippen LogP contribution < -0.4 is 15.4 Å². The molecule has 12 heteroatoms. The molecular weight excluding hydrogens is 489 g/mol. The van der Waals surface area contributed by atoms with Crippen molar-refractivity contribution in [2.24, 2.45) is 0 Å². The molecule has 0 fully saturated rings. The van der Waals surface area contributed by atoms with Gasteiger partial charge < -0.3 is 24.8 Å². The number of nitro benzene ring substituents is 1. The lowest BCUT2D eigenvalue weighted by molar-refractivity contribution is -0.387. The Hall–Kier alpha value is -4.22. The highest BCUT2D eigenvalue weighted by molar-refractivity contribution is 5.90. The van der Waals surface area contributed by atoms with E-state index in [1.54, 1.807) is 45.0 Å². The first kappa shape index (κ1) is 29.0. The SMILES string of the molecule is COC(=O)[C@H](Cc1ccc(OC)cc1)NC(=O)[C@H](Cc1ccc(F)c([N+](=O)[O-])c1)NC(=O)OC(C)(C)C. The Balaban J connectivity index is 2.30. The Morgan fingerprint density at radius 1 is 0.973 bits per heavy atom. The van der Waals surface area contributed by atoms with Gasteiger partial charge in [0.05, 0.1) is 19.1 Å². The molecule has 0 aromatic heterocycles. The van der Waals surface area contributed by atoms with Crippen LogP contribution in [0, 0.1) is 15.9 Å². The minimum absolute atomic E-state index is 0.0730. The summed E-state index contributed by atoms with van der Waals surface area (Å²) in [4.78, 5) is 48.3. The van der Waals surface area contributed by atoms with Crippen molar-refractivity contribution in [3.8, 4) is 5.75 Å². The van der Waals surface area contributed by atoms with E-state index in [4.69, 9.17) is 14.2 Å². The van der Waals surface area contributed by atoms with E-state index in [0.717, 1.165) is 12.1 Å². The fourth-order valence-corrected chi connectivity index (χ4v) is 3.33. The van der Waals surface area contributed by atoms with Crippen LogP contribution in [-0.2, 0) is 31.9 Å². The Morgan fingerprint density at radius 2 is 1.57 bits per heavy atom. The number of alkyl carbamates (subject to hydrolysis) is 1. The molecule has 0 aliphatic heterocycles. The third-order valence-corrected chi connectivity index (χ3v) is 5.06. The average molecular weight is 520 g/mol. The van der Waals surface area contributed by atoms with E-state index < -0.39 is 52.1 Å². The quantitative estimate of drug-likeness (QED) is 0.277. The molecule has 0 spiro atoms. The summed E-state index contributed by atoms with van der Waals surface area (Å²) in [5, 5.41) is 16.1. The topological polar surface area (TPSA) is 146 Å². The summed E-state index contributed by atoms with van der Waals surface area (Å²) in [6, 6.07) is 7.52. The fourth-order valence-electron chi connectivity index (χ4n) is 3.33. The second-order valence-corrected chi connectivity index (χ2v) is 9.08. The molecule has 2 rings (SSSR count). The Labute approximate surface area is 213 Å². The molecule has 2 atom stereocenters. The predicted molar refractivity (Wildman–Crippen MR) is 131 cm³/mol. The number of nitrogens with zero attached hydrogens (tertiary/aromatic N) is 1. The molecule has 0 aliphatic carbocycles. The van der Waals surface area contributed by atoms with Gasteiger partial charge in [0.2, 0.25) is 11.7 Å². The molecule has 2 aromatic rings. The molecule has 0 radical (unpaired) electrons. The van der Waals surface area contributed by atoms with Crippen molar-refractivity contribution in [3.05, 3.63) is 69.5 Å². The van der Waals surface area contributed by atoms with Crippen LogP contribution in [0.15, 0.2) is 42.5 Å². The van der Waals surface area contributed by atoms with Crippen LogP contribution in [0.2, 0.25) is 0 Å².